The number of allylic oxidation sites excluding steroid dienone is 3. The van der Waals surface area contributed by atoms with Gasteiger partial charge in [0, 0.05) is 23.4 Å². The van der Waals surface area contributed by atoms with Crippen LogP contribution in [0.15, 0.2) is 51.3 Å². The van der Waals surface area contributed by atoms with Crippen LogP contribution in [0.4, 0.5) is 5.13 Å². The van der Waals surface area contributed by atoms with Crippen LogP contribution in [-0.2, 0) is 4.79 Å². The first-order chi connectivity index (χ1) is 15.5. The third-order valence-corrected chi connectivity index (χ3v) is 8.11. The van der Waals surface area contributed by atoms with E-state index in [4.69, 9.17) is 5.73 Å². The van der Waals surface area contributed by atoms with Gasteiger partial charge in [0.1, 0.15) is 5.82 Å². The third kappa shape index (κ3) is 4.07. The number of thioether (sulfide) groups is 1. The van der Waals surface area contributed by atoms with Crippen molar-refractivity contribution in [2.45, 2.75) is 62.6 Å². The van der Waals surface area contributed by atoms with E-state index in [1.165, 1.54) is 16.9 Å². The monoisotopic (exact) mass is 465 g/mol. The largest absolute Gasteiger partial charge is 0.384 e. The zero-order chi connectivity index (χ0) is 22.8. The number of benzene rings is 1. The molecule has 2 N–H and O–H groups in total. The Balaban J connectivity index is 1.83. The van der Waals surface area contributed by atoms with Gasteiger partial charge in [-0.05, 0) is 36.3 Å². The Labute approximate surface area is 197 Å². The molecule has 0 spiro atoms. The molecule has 1 aliphatic heterocycles. The molecule has 0 saturated carbocycles. The van der Waals surface area contributed by atoms with Crippen LogP contribution in [0.5, 0.6) is 0 Å². The lowest BCUT2D eigenvalue weighted by Crippen LogP contribution is -2.38. The maximum atomic E-state index is 13.2. The molecule has 2 aromatic rings. The molecule has 0 fully saturated rings. The topological polar surface area (TPSA) is 95.9 Å². The summed E-state index contributed by atoms with van der Waals surface area (Å²) in [7, 11) is 0. The van der Waals surface area contributed by atoms with Gasteiger partial charge < -0.3 is 5.73 Å². The normalized spacial score (nSPS) is 18.9. The summed E-state index contributed by atoms with van der Waals surface area (Å²) >= 11 is 3.11. The van der Waals surface area contributed by atoms with Gasteiger partial charge >= 0.3 is 0 Å². The van der Waals surface area contributed by atoms with Crippen LogP contribution in [0.2, 0.25) is 0 Å². The molecule has 1 aliphatic carbocycles. The van der Waals surface area contributed by atoms with E-state index < -0.39 is 5.92 Å². The number of anilines is 1. The highest BCUT2D eigenvalue weighted by atomic mass is 32.2. The lowest BCUT2D eigenvalue weighted by atomic mass is 9.75. The molecular formula is C24H27N5OS2. The Kier molecular flexibility index (Phi) is 6.68. The summed E-state index contributed by atoms with van der Waals surface area (Å²) in [5.74, 6) is 1.36. The van der Waals surface area contributed by atoms with Gasteiger partial charge in [-0.25, -0.2) is 0 Å². The number of rotatable bonds is 6. The second-order valence-electron chi connectivity index (χ2n) is 8.34. The van der Waals surface area contributed by atoms with Crippen LogP contribution in [0.3, 0.4) is 0 Å². The van der Waals surface area contributed by atoms with Gasteiger partial charge in [-0.3, -0.25) is 9.69 Å². The Bertz CT molecular complexity index is 1120. The minimum absolute atomic E-state index is 0.0829. The van der Waals surface area contributed by atoms with Crippen molar-refractivity contribution >= 4 is 34.0 Å². The van der Waals surface area contributed by atoms with Crippen molar-refractivity contribution in [3.63, 3.8) is 0 Å². The van der Waals surface area contributed by atoms with E-state index in [2.05, 4.69) is 49.2 Å². The Morgan fingerprint density at radius 1 is 1.28 bits per heavy atom. The molecule has 1 unspecified atom stereocenters. The second kappa shape index (κ2) is 9.47. The lowest BCUT2D eigenvalue weighted by Gasteiger charge is -2.38. The second-order valence-corrected chi connectivity index (χ2v) is 10.6. The zero-order valence-electron chi connectivity index (χ0n) is 18.6. The number of hydrogen-bond acceptors (Lipinski definition) is 8. The number of aromatic nitrogens is 2. The first-order valence-electron chi connectivity index (χ1n) is 11.0. The quantitative estimate of drug-likeness (QED) is 0.565. The summed E-state index contributed by atoms with van der Waals surface area (Å²) < 4.78 is 0.865. The number of hydrogen-bond donors (Lipinski definition) is 1. The van der Waals surface area contributed by atoms with Crippen LogP contribution in [0.1, 0.15) is 69.4 Å². The van der Waals surface area contributed by atoms with E-state index in [9.17, 15) is 10.1 Å². The molecule has 0 bridgehead atoms. The number of carbonyl (C=O) groups excluding carboxylic acids is 1. The van der Waals surface area contributed by atoms with Crippen LogP contribution in [-0.4, -0.2) is 21.7 Å². The van der Waals surface area contributed by atoms with Gasteiger partial charge in [0.25, 0.3) is 0 Å². The van der Waals surface area contributed by atoms with E-state index >= 15 is 0 Å². The van der Waals surface area contributed by atoms with Crippen LogP contribution >= 0.6 is 23.1 Å². The fourth-order valence-corrected chi connectivity index (χ4v) is 6.06. The van der Waals surface area contributed by atoms with Gasteiger partial charge in [0.15, 0.2) is 10.1 Å². The molecule has 1 aromatic carbocycles. The number of nitriles is 1. The predicted octanol–water partition coefficient (Wildman–Crippen LogP) is 5.47. The highest BCUT2D eigenvalue weighted by molar-refractivity contribution is 8.01. The smallest absolute Gasteiger partial charge is 0.219 e. The molecular weight excluding hydrogens is 438 g/mol. The first kappa shape index (κ1) is 22.6. The van der Waals surface area contributed by atoms with E-state index in [-0.39, 0.29) is 5.78 Å². The van der Waals surface area contributed by atoms with Crippen molar-refractivity contribution in [1.82, 2.24) is 10.2 Å². The van der Waals surface area contributed by atoms with E-state index in [0.717, 1.165) is 40.6 Å². The number of nitrogens with zero attached hydrogens (tertiary/aromatic N) is 4. The summed E-state index contributed by atoms with van der Waals surface area (Å²) in [6.45, 7) is 6.41. The van der Waals surface area contributed by atoms with Gasteiger partial charge in [-0.1, -0.05) is 68.1 Å². The molecule has 4 rings (SSSR count). The standard InChI is InChI=1S/C24H27N5OS2/c1-4-12-31-24-28-27-23(32-24)29-18-6-5-7-19(30)21(18)20(17(13-25)22(29)26)16-10-8-15(9-11-16)14(2)3/h8-11,14,20H,4-7,12,26H2,1-3H3. The molecule has 166 valence electrons. The van der Waals surface area contributed by atoms with Crippen molar-refractivity contribution in [3.8, 4) is 6.07 Å². The average Bonchev–Trinajstić information content (AvgIpc) is 3.25. The fraction of sp³-hybridized carbons (Fsp3) is 0.417. The van der Waals surface area contributed by atoms with E-state index in [1.807, 2.05) is 12.1 Å². The summed E-state index contributed by atoms with van der Waals surface area (Å²) in [5, 5.41) is 19.4. The Hall–Kier alpha value is -2.63. The van der Waals surface area contributed by atoms with Gasteiger partial charge in [0.05, 0.1) is 17.6 Å². The summed E-state index contributed by atoms with van der Waals surface area (Å²) in [5.41, 5.74) is 10.7. The maximum absolute atomic E-state index is 13.2. The van der Waals surface area contributed by atoms with Crippen molar-refractivity contribution < 1.29 is 4.79 Å². The molecule has 2 heterocycles. The van der Waals surface area contributed by atoms with Gasteiger partial charge in [-0.2, -0.15) is 5.26 Å². The maximum Gasteiger partial charge on any atom is 0.219 e. The summed E-state index contributed by atoms with van der Waals surface area (Å²) in [4.78, 5) is 15.0. The van der Waals surface area contributed by atoms with E-state index in [1.54, 1.807) is 16.7 Å². The molecule has 2 aliphatic rings. The van der Waals surface area contributed by atoms with Crippen LogP contribution in [0, 0.1) is 11.3 Å². The predicted molar refractivity (Wildman–Crippen MR) is 129 cm³/mol. The van der Waals surface area contributed by atoms with Crippen LogP contribution < -0.4 is 10.6 Å². The van der Waals surface area contributed by atoms with Gasteiger partial charge in [-0.15, -0.1) is 10.2 Å². The lowest BCUT2D eigenvalue weighted by molar-refractivity contribution is -0.116. The van der Waals surface area contributed by atoms with E-state index in [0.29, 0.717) is 34.4 Å². The number of carbonyl (C=O) groups is 1. The highest BCUT2D eigenvalue weighted by Gasteiger charge is 2.41. The van der Waals surface area contributed by atoms with Crippen molar-refractivity contribution in [3.05, 3.63) is 58.1 Å². The minimum Gasteiger partial charge on any atom is -0.384 e. The zero-order valence-corrected chi connectivity index (χ0v) is 20.2. The SMILES string of the molecule is CCCSc1nnc(N2C(N)=C(C#N)C(c3ccc(C(C)C)cc3)C3=C2CCCC3=O)s1. The van der Waals surface area contributed by atoms with Gasteiger partial charge in [0.2, 0.25) is 5.13 Å². The third-order valence-electron chi connectivity index (χ3n) is 5.87. The van der Waals surface area contributed by atoms with Crippen molar-refractivity contribution in [2.24, 2.45) is 5.73 Å². The number of ketones is 1. The molecule has 6 nitrogen and oxygen atoms in total. The van der Waals surface area contributed by atoms with Crippen molar-refractivity contribution in [2.75, 3.05) is 10.7 Å². The average molecular weight is 466 g/mol. The molecule has 0 saturated heterocycles. The van der Waals surface area contributed by atoms with Crippen molar-refractivity contribution in [1.29, 1.82) is 5.26 Å². The number of Topliss-reactive ketones (excluding diaryl/α,β-unsaturated/α-hetero) is 1. The molecule has 0 radical (unpaired) electrons. The molecule has 1 atom stereocenters. The molecule has 0 amide bonds. The number of nitrogens with two attached hydrogens (primary N) is 1. The van der Waals surface area contributed by atoms with Crippen LogP contribution in [0.25, 0.3) is 0 Å². The first-order valence-corrected chi connectivity index (χ1v) is 12.8. The molecule has 1 aromatic heterocycles. The fourth-order valence-electron chi connectivity index (χ4n) is 4.25. The highest BCUT2D eigenvalue weighted by Crippen LogP contribution is 2.47. The Morgan fingerprint density at radius 3 is 2.69 bits per heavy atom. The Morgan fingerprint density at radius 2 is 2.03 bits per heavy atom. The summed E-state index contributed by atoms with van der Waals surface area (Å²) in [6, 6.07) is 10.5. The molecule has 32 heavy (non-hydrogen) atoms. The minimum atomic E-state index is -0.442. The summed E-state index contributed by atoms with van der Waals surface area (Å²) in [6.07, 6.45) is 3.02. The molecule has 8 heteroatoms.